The molecule has 1 aromatic rings. The highest BCUT2D eigenvalue weighted by atomic mass is 16.2. The van der Waals surface area contributed by atoms with Crippen LogP contribution < -0.4 is 0 Å². The molecule has 5 heteroatoms. The van der Waals surface area contributed by atoms with E-state index in [1.807, 2.05) is 6.92 Å². The monoisotopic (exact) mass is 304 g/mol. The Labute approximate surface area is 133 Å². The van der Waals surface area contributed by atoms with Gasteiger partial charge in [-0.2, -0.15) is 5.10 Å². The number of carbonyl (C=O) groups is 1. The lowest BCUT2D eigenvalue weighted by Gasteiger charge is -2.36. The molecule has 22 heavy (non-hydrogen) atoms. The van der Waals surface area contributed by atoms with Crippen LogP contribution in [0.5, 0.6) is 0 Å². The number of hydrogen-bond acceptors (Lipinski definition) is 3. The van der Waals surface area contributed by atoms with Crippen LogP contribution in [0.4, 0.5) is 0 Å². The molecule has 0 radical (unpaired) electrons. The number of piperidine rings is 1. The molecule has 1 amide bonds. The van der Waals surface area contributed by atoms with E-state index in [0.717, 1.165) is 44.0 Å². The first-order valence-electron chi connectivity index (χ1n) is 8.90. The van der Waals surface area contributed by atoms with Crippen LogP contribution in [0.1, 0.15) is 75.9 Å². The summed E-state index contributed by atoms with van der Waals surface area (Å²) < 4.78 is 2.09. The zero-order valence-electron chi connectivity index (χ0n) is 13.9. The van der Waals surface area contributed by atoms with E-state index in [1.54, 1.807) is 0 Å². The number of likely N-dealkylation sites (tertiary alicyclic amines) is 1. The number of amides is 1. The molecule has 1 atom stereocenters. The van der Waals surface area contributed by atoms with E-state index < -0.39 is 0 Å². The Hall–Kier alpha value is -1.39. The number of unbranched alkanes of at least 4 members (excludes halogenated alkanes) is 1. The Bertz CT molecular complexity index is 519. The molecule has 1 saturated carbocycles. The normalized spacial score (nSPS) is 23.5. The minimum Gasteiger partial charge on any atom is -0.339 e. The number of nitrogens with zero attached hydrogens (tertiary/aromatic N) is 4. The summed E-state index contributed by atoms with van der Waals surface area (Å²) in [5, 5.41) is 4.57. The highest BCUT2D eigenvalue weighted by Crippen LogP contribution is 2.32. The summed E-state index contributed by atoms with van der Waals surface area (Å²) in [7, 11) is 0. The molecule has 2 aliphatic rings. The quantitative estimate of drug-likeness (QED) is 0.840. The Balaban J connectivity index is 1.75. The zero-order valence-corrected chi connectivity index (χ0v) is 13.9. The topological polar surface area (TPSA) is 51.0 Å². The van der Waals surface area contributed by atoms with Crippen LogP contribution in [0.25, 0.3) is 0 Å². The van der Waals surface area contributed by atoms with Crippen molar-refractivity contribution in [3.05, 3.63) is 11.6 Å². The fourth-order valence-corrected chi connectivity index (χ4v) is 3.90. The molecular weight excluding hydrogens is 276 g/mol. The lowest BCUT2D eigenvalue weighted by atomic mass is 9.95. The summed E-state index contributed by atoms with van der Waals surface area (Å²) >= 11 is 0. The van der Waals surface area contributed by atoms with Crippen molar-refractivity contribution in [1.82, 2.24) is 19.7 Å². The van der Waals surface area contributed by atoms with Gasteiger partial charge in [0.25, 0.3) is 0 Å². The zero-order chi connectivity index (χ0) is 15.5. The predicted octanol–water partition coefficient (Wildman–Crippen LogP) is 3.04. The molecule has 1 aliphatic heterocycles. The number of hydrogen-bond donors (Lipinski definition) is 0. The number of aromatic nitrogens is 3. The van der Waals surface area contributed by atoms with Crippen LogP contribution in [-0.2, 0) is 11.3 Å². The second kappa shape index (κ2) is 6.80. The van der Waals surface area contributed by atoms with Gasteiger partial charge < -0.3 is 4.90 Å². The van der Waals surface area contributed by atoms with Crippen molar-refractivity contribution in [3.63, 3.8) is 0 Å². The van der Waals surface area contributed by atoms with Crippen molar-refractivity contribution in [3.8, 4) is 0 Å². The van der Waals surface area contributed by atoms with Crippen molar-refractivity contribution >= 4 is 5.91 Å². The van der Waals surface area contributed by atoms with Crippen molar-refractivity contribution in [2.75, 3.05) is 6.54 Å². The summed E-state index contributed by atoms with van der Waals surface area (Å²) in [5.41, 5.74) is 0. The lowest BCUT2D eigenvalue weighted by molar-refractivity contribution is -0.136. The molecule has 3 rings (SSSR count). The van der Waals surface area contributed by atoms with Crippen LogP contribution in [-0.4, -0.2) is 38.2 Å². The Morgan fingerprint density at radius 3 is 2.73 bits per heavy atom. The Morgan fingerprint density at radius 1 is 1.23 bits per heavy atom. The first-order chi connectivity index (χ1) is 10.7. The Kier molecular flexibility index (Phi) is 4.79. The second-order valence-electron chi connectivity index (χ2n) is 6.81. The summed E-state index contributed by atoms with van der Waals surface area (Å²) in [6.07, 6.45) is 8.78. The van der Waals surface area contributed by atoms with E-state index in [2.05, 4.69) is 26.6 Å². The molecule has 0 N–H and O–H groups in total. The minimum atomic E-state index is 0.347. The highest BCUT2D eigenvalue weighted by molar-refractivity contribution is 5.77. The van der Waals surface area contributed by atoms with Gasteiger partial charge in [-0.3, -0.25) is 4.79 Å². The van der Waals surface area contributed by atoms with Gasteiger partial charge in [-0.15, -0.1) is 0 Å². The standard InChI is InChI=1S/C17H28N4O/c1-3-4-11-21-17(18-13(2)19-21)14-9-10-16(22)20(12-14)15-7-5-6-8-15/h14-15H,3-12H2,1-2H3. The molecule has 2 heterocycles. The van der Waals surface area contributed by atoms with Crippen LogP contribution >= 0.6 is 0 Å². The van der Waals surface area contributed by atoms with Crippen molar-refractivity contribution < 1.29 is 4.79 Å². The smallest absolute Gasteiger partial charge is 0.222 e. The fourth-order valence-electron chi connectivity index (χ4n) is 3.90. The fraction of sp³-hybridized carbons (Fsp3) is 0.824. The average Bonchev–Trinajstić information content (AvgIpc) is 3.15. The third-order valence-corrected chi connectivity index (χ3v) is 5.10. The van der Waals surface area contributed by atoms with Crippen LogP contribution in [0.3, 0.4) is 0 Å². The molecule has 0 bridgehead atoms. The molecule has 1 unspecified atom stereocenters. The number of aryl methyl sites for hydroxylation is 2. The molecule has 1 saturated heterocycles. The van der Waals surface area contributed by atoms with Crippen LogP contribution in [0, 0.1) is 6.92 Å². The van der Waals surface area contributed by atoms with Crippen molar-refractivity contribution in [1.29, 1.82) is 0 Å². The van der Waals surface area contributed by atoms with Gasteiger partial charge in [-0.1, -0.05) is 26.2 Å². The lowest BCUT2D eigenvalue weighted by Crippen LogP contribution is -2.45. The molecule has 0 spiro atoms. The Morgan fingerprint density at radius 2 is 2.00 bits per heavy atom. The van der Waals surface area contributed by atoms with Crippen molar-refractivity contribution in [2.24, 2.45) is 0 Å². The first kappa shape index (κ1) is 15.5. The SMILES string of the molecule is CCCCn1nc(C)nc1C1CCC(=O)N(C2CCCC2)C1. The average molecular weight is 304 g/mol. The van der Waals surface area contributed by atoms with Crippen LogP contribution in [0.15, 0.2) is 0 Å². The number of rotatable bonds is 5. The molecule has 5 nitrogen and oxygen atoms in total. The molecular formula is C17H28N4O. The van der Waals surface area contributed by atoms with E-state index >= 15 is 0 Å². The van der Waals surface area contributed by atoms with Crippen molar-refractivity contribution in [2.45, 2.75) is 83.7 Å². The number of carbonyl (C=O) groups excluding carboxylic acids is 1. The first-order valence-corrected chi connectivity index (χ1v) is 8.90. The molecule has 0 aromatic carbocycles. The second-order valence-corrected chi connectivity index (χ2v) is 6.81. The molecule has 122 valence electrons. The predicted molar refractivity (Wildman–Crippen MR) is 85.6 cm³/mol. The van der Waals surface area contributed by atoms with Gasteiger partial charge in [-0.25, -0.2) is 9.67 Å². The van der Waals surface area contributed by atoms with Crippen LogP contribution in [0.2, 0.25) is 0 Å². The van der Waals surface area contributed by atoms with E-state index in [1.165, 1.54) is 25.7 Å². The third kappa shape index (κ3) is 3.18. The highest BCUT2D eigenvalue weighted by Gasteiger charge is 2.34. The summed E-state index contributed by atoms with van der Waals surface area (Å²) in [6, 6.07) is 0.475. The maximum atomic E-state index is 12.3. The maximum absolute atomic E-state index is 12.3. The summed E-state index contributed by atoms with van der Waals surface area (Å²) in [5.74, 6) is 2.66. The molecule has 2 fully saturated rings. The van der Waals surface area contributed by atoms with Gasteiger partial charge in [0.15, 0.2) is 0 Å². The third-order valence-electron chi connectivity index (χ3n) is 5.10. The van der Waals surface area contributed by atoms with E-state index in [0.29, 0.717) is 24.3 Å². The van der Waals surface area contributed by atoms with Gasteiger partial charge in [-0.05, 0) is 32.6 Å². The van der Waals surface area contributed by atoms with Gasteiger partial charge in [0.05, 0.1) is 0 Å². The van der Waals surface area contributed by atoms with E-state index in [9.17, 15) is 4.79 Å². The van der Waals surface area contributed by atoms with Gasteiger partial charge in [0.1, 0.15) is 11.6 Å². The van der Waals surface area contributed by atoms with E-state index in [4.69, 9.17) is 0 Å². The summed E-state index contributed by atoms with van der Waals surface area (Å²) in [4.78, 5) is 19.1. The largest absolute Gasteiger partial charge is 0.339 e. The molecule has 1 aromatic heterocycles. The van der Waals surface area contributed by atoms with Gasteiger partial charge in [0, 0.05) is 31.5 Å². The summed E-state index contributed by atoms with van der Waals surface area (Å²) in [6.45, 7) is 5.95. The van der Waals surface area contributed by atoms with Gasteiger partial charge >= 0.3 is 0 Å². The maximum Gasteiger partial charge on any atom is 0.222 e. The van der Waals surface area contributed by atoms with E-state index in [-0.39, 0.29) is 0 Å². The van der Waals surface area contributed by atoms with Gasteiger partial charge in [0.2, 0.25) is 5.91 Å². The minimum absolute atomic E-state index is 0.347. The molecule has 1 aliphatic carbocycles.